The van der Waals surface area contributed by atoms with E-state index in [0.29, 0.717) is 17.1 Å². The summed E-state index contributed by atoms with van der Waals surface area (Å²) >= 11 is 6.10. The van der Waals surface area contributed by atoms with Gasteiger partial charge >= 0.3 is 5.97 Å². The summed E-state index contributed by atoms with van der Waals surface area (Å²) in [7, 11) is 1.34. The van der Waals surface area contributed by atoms with Crippen LogP contribution in [-0.2, 0) is 14.3 Å². The van der Waals surface area contributed by atoms with Gasteiger partial charge in [-0.15, -0.1) is 0 Å². The number of hydrogen-bond donors (Lipinski definition) is 0. The highest BCUT2D eigenvalue weighted by Crippen LogP contribution is 2.20. The Kier molecular flexibility index (Phi) is 6.21. The maximum Gasteiger partial charge on any atom is 0.307 e. The molecule has 0 bridgehead atoms. The number of rotatable bonds is 6. The molecule has 0 radical (unpaired) electrons. The van der Waals surface area contributed by atoms with E-state index in [0.717, 1.165) is 19.4 Å². The van der Waals surface area contributed by atoms with Crippen molar-refractivity contribution in [1.82, 2.24) is 4.90 Å². The van der Waals surface area contributed by atoms with E-state index in [9.17, 15) is 9.59 Å². The van der Waals surface area contributed by atoms with Crippen LogP contribution in [0.5, 0.6) is 0 Å². The van der Waals surface area contributed by atoms with Crippen molar-refractivity contribution in [2.75, 3.05) is 26.8 Å². The molecule has 5 nitrogen and oxygen atoms in total. The minimum atomic E-state index is -0.343. The average Bonchev–Trinajstić information content (AvgIpc) is 3.04. The zero-order valence-electron chi connectivity index (χ0n) is 12.6. The normalized spacial score (nSPS) is 17.3. The van der Waals surface area contributed by atoms with Crippen LogP contribution in [0.25, 0.3) is 0 Å². The molecule has 1 aliphatic heterocycles. The zero-order valence-corrected chi connectivity index (χ0v) is 13.3. The fourth-order valence-corrected chi connectivity index (χ4v) is 2.66. The first kappa shape index (κ1) is 16.8. The highest BCUT2D eigenvalue weighted by molar-refractivity contribution is 6.33. The van der Waals surface area contributed by atoms with Crippen LogP contribution >= 0.6 is 11.6 Å². The summed E-state index contributed by atoms with van der Waals surface area (Å²) in [6.07, 6.45) is 2.09. The van der Waals surface area contributed by atoms with Crippen molar-refractivity contribution in [2.24, 2.45) is 0 Å². The molecule has 1 unspecified atom stereocenters. The molecule has 0 spiro atoms. The van der Waals surface area contributed by atoms with Crippen LogP contribution in [0.4, 0.5) is 0 Å². The molecule has 1 heterocycles. The SMILES string of the molecule is COC(=O)CCN(CC1CCCO1)C(=O)c1ccccc1Cl. The molecule has 2 rings (SSSR count). The molecule has 1 fully saturated rings. The van der Waals surface area contributed by atoms with Crippen LogP contribution in [0.1, 0.15) is 29.6 Å². The highest BCUT2D eigenvalue weighted by atomic mass is 35.5. The van der Waals surface area contributed by atoms with Gasteiger partial charge in [-0.05, 0) is 25.0 Å². The Morgan fingerprint density at radius 2 is 2.18 bits per heavy atom. The van der Waals surface area contributed by atoms with E-state index in [1.54, 1.807) is 29.2 Å². The van der Waals surface area contributed by atoms with E-state index in [-0.39, 0.29) is 30.9 Å². The number of nitrogens with zero attached hydrogens (tertiary/aromatic N) is 1. The number of carbonyl (C=O) groups is 2. The second-order valence-electron chi connectivity index (χ2n) is 5.19. The second kappa shape index (κ2) is 8.15. The van der Waals surface area contributed by atoms with Gasteiger partial charge in [0.2, 0.25) is 0 Å². The van der Waals surface area contributed by atoms with Crippen LogP contribution in [0, 0.1) is 0 Å². The van der Waals surface area contributed by atoms with Crippen molar-refractivity contribution >= 4 is 23.5 Å². The number of methoxy groups -OCH3 is 1. The van der Waals surface area contributed by atoms with E-state index >= 15 is 0 Å². The van der Waals surface area contributed by atoms with Crippen molar-refractivity contribution < 1.29 is 19.1 Å². The van der Waals surface area contributed by atoms with Gasteiger partial charge in [-0.2, -0.15) is 0 Å². The lowest BCUT2D eigenvalue weighted by Crippen LogP contribution is -2.39. The van der Waals surface area contributed by atoms with Gasteiger partial charge in [-0.1, -0.05) is 23.7 Å². The second-order valence-corrected chi connectivity index (χ2v) is 5.60. The molecule has 1 aliphatic rings. The molecule has 1 aromatic carbocycles. The van der Waals surface area contributed by atoms with Crippen LogP contribution < -0.4 is 0 Å². The minimum absolute atomic E-state index is 0.0177. The fraction of sp³-hybridized carbons (Fsp3) is 0.500. The van der Waals surface area contributed by atoms with Crippen molar-refractivity contribution in [2.45, 2.75) is 25.4 Å². The van der Waals surface area contributed by atoms with Crippen molar-refractivity contribution in [1.29, 1.82) is 0 Å². The summed E-state index contributed by atoms with van der Waals surface area (Å²) < 4.78 is 10.2. The lowest BCUT2D eigenvalue weighted by molar-refractivity contribution is -0.140. The van der Waals surface area contributed by atoms with Gasteiger partial charge in [0.1, 0.15) is 0 Å². The number of ether oxygens (including phenoxy) is 2. The number of carbonyl (C=O) groups excluding carboxylic acids is 2. The molecule has 0 saturated carbocycles. The molecule has 1 amide bonds. The Labute approximate surface area is 135 Å². The molecule has 1 saturated heterocycles. The van der Waals surface area contributed by atoms with Crippen molar-refractivity contribution in [3.63, 3.8) is 0 Å². The van der Waals surface area contributed by atoms with Crippen LogP contribution in [0.3, 0.4) is 0 Å². The predicted molar refractivity (Wildman–Crippen MR) is 83.0 cm³/mol. The third-order valence-electron chi connectivity index (χ3n) is 3.65. The fourth-order valence-electron chi connectivity index (χ4n) is 2.44. The molecule has 6 heteroatoms. The van der Waals surface area contributed by atoms with Gasteiger partial charge in [0, 0.05) is 19.7 Å². The van der Waals surface area contributed by atoms with E-state index < -0.39 is 0 Å². The first-order valence-electron chi connectivity index (χ1n) is 7.34. The first-order chi connectivity index (χ1) is 10.6. The quantitative estimate of drug-likeness (QED) is 0.754. The number of halogens is 1. The van der Waals surface area contributed by atoms with Crippen LogP contribution in [-0.4, -0.2) is 49.7 Å². The van der Waals surface area contributed by atoms with Gasteiger partial charge in [-0.3, -0.25) is 9.59 Å². The summed E-state index contributed by atoms with van der Waals surface area (Å²) in [6, 6.07) is 6.91. The predicted octanol–water partition coefficient (Wildman–Crippen LogP) is 2.52. The lowest BCUT2D eigenvalue weighted by atomic mass is 10.1. The molecule has 120 valence electrons. The molecule has 0 N–H and O–H groups in total. The smallest absolute Gasteiger partial charge is 0.307 e. The lowest BCUT2D eigenvalue weighted by Gasteiger charge is -2.25. The summed E-state index contributed by atoms with van der Waals surface area (Å²) in [6.45, 7) is 1.47. The van der Waals surface area contributed by atoms with Crippen LogP contribution in [0.2, 0.25) is 5.02 Å². The third-order valence-corrected chi connectivity index (χ3v) is 3.98. The topological polar surface area (TPSA) is 55.8 Å². The average molecular weight is 326 g/mol. The van der Waals surface area contributed by atoms with Gasteiger partial charge in [0.05, 0.1) is 30.2 Å². The Balaban J connectivity index is 2.09. The molecule has 0 aromatic heterocycles. The highest BCUT2D eigenvalue weighted by Gasteiger charge is 2.25. The first-order valence-corrected chi connectivity index (χ1v) is 7.72. The standard InChI is InChI=1S/C16H20ClNO4/c1-21-15(19)8-9-18(11-12-5-4-10-22-12)16(20)13-6-2-3-7-14(13)17/h2-3,6-7,12H,4-5,8-11H2,1H3. The monoisotopic (exact) mass is 325 g/mol. The molecular weight excluding hydrogens is 306 g/mol. The van der Waals surface area contributed by atoms with Gasteiger partial charge in [-0.25, -0.2) is 0 Å². The van der Waals surface area contributed by atoms with E-state index in [2.05, 4.69) is 4.74 Å². The Morgan fingerprint density at radius 1 is 1.41 bits per heavy atom. The minimum Gasteiger partial charge on any atom is -0.469 e. The third kappa shape index (κ3) is 4.45. The van der Waals surface area contributed by atoms with Gasteiger partial charge in [0.25, 0.3) is 5.91 Å². The van der Waals surface area contributed by atoms with Gasteiger partial charge < -0.3 is 14.4 Å². The van der Waals surface area contributed by atoms with Crippen molar-refractivity contribution in [3.8, 4) is 0 Å². The number of amides is 1. The molecule has 0 aliphatic carbocycles. The van der Waals surface area contributed by atoms with E-state index in [1.807, 2.05) is 0 Å². The molecule has 1 atom stereocenters. The molecule has 22 heavy (non-hydrogen) atoms. The maximum atomic E-state index is 12.7. The van der Waals surface area contributed by atoms with Crippen molar-refractivity contribution in [3.05, 3.63) is 34.9 Å². The van der Waals surface area contributed by atoms with E-state index in [4.69, 9.17) is 16.3 Å². The molecular formula is C16H20ClNO4. The Bertz CT molecular complexity index is 529. The maximum absolute atomic E-state index is 12.7. The van der Waals surface area contributed by atoms with Gasteiger partial charge in [0.15, 0.2) is 0 Å². The number of benzene rings is 1. The summed E-state index contributed by atoms with van der Waals surface area (Å²) in [4.78, 5) is 25.7. The van der Waals surface area contributed by atoms with Crippen LogP contribution in [0.15, 0.2) is 24.3 Å². The summed E-state index contributed by atoms with van der Waals surface area (Å²) in [5.41, 5.74) is 0.437. The zero-order chi connectivity index (χ0) is 15.9. The Hall–Kier alpha value is -1.59. The number of hydrogen-bond acceptors (Lipinski definition) is 4. The number of esters is 1. The molecule has 1 aromatic rings. The summed E-state index contributed by atoms with van der Waals surface area (Å²) in [5, 5.41) is 0.405. The largest absolute Gasteiger partial charge is 0.469 e. The summed E-state index contributed by atoms with van der Waals surface area (Å²) in [5.74, 6) is -0.533. The van der Waals surface area contributed by atoms with E-state index in [1.165, 1.54) is 7.11 Å². The Morgan fingerprint density at radius 3 is 2.82 bits per heavy atom.